The smallest absolute Gasteiger partial charge is 0.131 e. The molecule has 5 nitrogen and oxygen atoms in total. The average molecular weight is 347 g/mol. The molecule has 0 unspecified atom stereocenters. The van der Waals surface area contributed by atoms with Gasteiger partial charge in [0.2, 0.25) is 0 Å². The van der Waals surface area contributed by atoms with E-state index >= 15 is 0 Å². The van der Waals surface area contributed by atoms with Gasteiger partial charge in [0.1, 0.15) is 23.8 Å². The summed E-state index contributed by atoms with van der Waals surface area (Å²) in [6.07, 6.45) is 1.44. The number of nitrogens with one attached hydrogen (secondary N) is 2. The Bertz CT molecular complexity index is 1070. The lowest BCUT2D eigenvalue weighted by atomic mass is 10.1. The van der Waals surface area contributed by atoms with Crippen molar-refractivity contribution in [3.05, 3.63) is 71.8 Å². The Labute approximate surface area is 150 Å². The number of nitrogen functional groups attached to an aromatic ring is 1. The third kappa shape index (κ3) is 3.09. The van der Waals surface area contributed by atoms with E-state index in [4.69, 9.17) is 5.73 Å². The number of nitrogens with zero attached hydrogens (tertiary/aromatic N) is 2. The minimum absolute atomic E-state index is 0.235. The van der Waals surface area contributed by atoms with Crippen LogP contribution in [0.25, 0.3) is 22.2 Å². The van der Waals surface area contributed by atoms with Crippen LogP contribution in [0.1, 0.15) is 11.1 Å². The summed E-state index contributed by atoms with van der Waals surface area (Å²) in [5.41, 5.74) is 11.0. The Balaban J connectivity index is 1.62. The van der Waals surface area contributed by atoms with E-state index in [1.807, 2.05) is 0 Å². The van der Waals surface area contributed by atoms with E-state index in [-0.39, 0.29) is 5.82 Å². The topological polar surface area (TPSA) is 79.6 Å². The first-order valence-electron chi connectivity index (χ1n) is 8.29. The summed E-state index contributed by atoms with van der Waals surface area (Å²) in [6.45, 7) is 2.70. The Hall–Kier alpha value is -3.41. The predicted molar refractivity (Wildman–Crippen MR) is 102 cm³/mol. The lowest BCUT2D eigenvalue weighted by Crippen LogP contribution is -2.02. The van der Waals surface area contributed by atoms with Crippen molar-refractivity contribution in [3.63, 3.8) is 0 Å². The molecule has 0 spiro atoms. The number of hydrogen-bond donors (Lipinski definition) is 3. The predicted octanol–water partition coefficient (Wildman–Crippen LogP) is 4.27. The number of benzene rings is 2. The number of hydrogen-bond acceptors (Lipinski definition) is 4. The van der Waals surface area contributed by atoms with Crippen LogP contribution in [0.3, 0.4) is 0 Å². The van der Waals surface area contributed by atoms with Crippen LogP contribution in [0.15, 0.2) is 54.9 Å². The number of rotatable bonds is 4. The van der Waals surface area contributed by atoms with Gasteiger partial charge in [-0.25, -0.2) is 14.4 Å². The third-order valence-corrected chi connectivity index (χ3v) is 4.42. The van der Waals surface area contributed by atoms with Gasteiger partial charge in [-0.05, 0) is 60.0 Å². The number of fused-ring (bicyclic) bond motifs is 1. The van der Waals surface area contributed by atoms with E-state index in [2.05, 4.69) is 45.4 Å². The molecule has 0 radical (unpaired) electrons. The van der Waals surface area contributed by atoms with E-state index in [1.54, 1.807) is 18.2 Å². The summed E-state index contributed by atoms with van der Waals surface area (Å²) in [4.78, 5) is 11.5. The molecule has 0 saturated carbocycles. The van der Waals surface area contributed by atoms with E-state index in [9.17, 15) is 4.39 Å². The first-order valence-corrected chi connectivity index (χ1v) is 8.29. The second-order valence-electron chi connectivity index (χ2n) is 6.19. The number of H-pyrrole nitrogens is 1. The van der Waals surface area contributed by atoms with Gasteiger partial charge < -0.3 is 16.0 Å². The van der Waals surface area contributed by atoms with E-state index in [0.29, 0.717) is 18.2 Å². The van der Waals surface area contributed by atoms with Gasteiger partial charge in [-0.1, -0.05) is 6.07 Å². The van der Waals surface area contributed by atoms with Crippen molar-refractivity contribution in [1.29, 1.82) is 0 Å². The summed E-state index contributed by atoms with van der Waals surface area (Å²) in [7, 11) is 0. The van der Waals surface area contributed by atoms with E-state index in [1.165, 1.54) is 18.5 Å². The number of aryl methyl sites for hydroxylation is 1. The van der Waals surface area contributed by atoms with Crippen LogP contribution < -0.4 is 11.1 Å². The fourth-order valence-corrected chi connectivity index (χ4v) is 3.05. The van der Waals surface area contributed by atoms with Gasteiger partial charge in [-0.15, -0.1) is 0 Å². The van der Waals surface area contributed by atoms with Crippen LogP contribution in [0.2, 0.25) is 0 Å². The molecular weight excluding hydrogens is 329 g/mol. The van der Waals surface area contributed by atoms with Crippen LogP contribution in [0.5, 0.6) is 0 Å². The molecule has 0 bridgehead atoms. The fraction of sp³-hybridized carbons (Fsp3) is 0.100. The summed E-state index contributed by atoms with van der Waals surface area (Å²) in [5.74, 6) is 0.889. The molecule has 130 valence electrons. The second-order valence-corrected chi connectivity index (χ2v) is 6.19. The molecule has 4 rings (SSSR count). The first-order chi connectivity index (χ1) is 12.6. The van der Waals surface area contributed by atoms with Gasteiger partial charge in [0.05, 0.1) is 0 Å². The van der Waals surface area contributed by atoms with Crippen molar-refractivity contribution in [1.82, 2.24) is 15.0 Å². The zero-order chi connectivity index (χ0) is 18.1. The van der Waals surface area contributed by atoms with Crippen molar-refractivity contribution in [2.45, 2.75) is 13.5 Å². The molecule has 0 aliphatic rings. The third-order valence-electron chi connectivity index (χ3n) is 4.42. The van der Waals surface area contributed by atoms with Crippen LogP contribution in [-0.4, -0.2) is 15.0 Å². The van der Waals surface area contributed by atoms with Crippen LogP contribution in [-0.2, 0) is 6.54 Å². The van der Waals surface area contributed by atoms with Gasteiger partial charge >= 0.3 is 0 Å². The average Bonchev–Trinajstić information content (AvgIpc) is 2.97. The Morgan fingerprint density at radius 3 is 2.65 bits per heavy atom. The number of anilines is 2. The van der Waals surface area contributed by atoms with E-state index in [0.717, 1.165) is 33.3 Å². The number of aromatic amines is 1. The molecule has 6 heteroatoms. The van der Waals surface area contributed by atoms with Gasteiger partial charge in [0.15, 0.2) is 0 Å². The standard InChI is InChI=1S/C20H18FN5/c1-12-16-8-13(10-23-19-9-18(22)24-11-25-19)2-7-17(16)26-20(12)14-3-5-15(21)6-4-14/h2-9,11,26H,10H2,1H3,(H3,22,23,24,25). The monoisotopic (exact) mass is 347 g/mol. The normalized spacial score (nSPS) is 11.0. The highest BCUT2D eigenvalue weighted by atomic mass is 19.1. The number of aromatic nitrogens is 3. The highest BCUT2D eigenvalue weighted by Crippen LogP contribution is 2.30. The second kappa shape index (κ2) is 6.48. The molecule has 0 aliphatic carbocycles. The lowest BCUT2D eigenvalue weighted by molar-refractivity contribution is 0.628. The Morgan fingerprint density at radius 2 is 1.88 bits per heavy atom. The molecule has 0 aliphatic heterocycles. The Morgan fingerprint density at radius 1 is 1.08 bits per heavy atom. The van der Waals surface area contributed by atoms with Crippen molar-refractivity contribution >= 4 is 22.5 Å². The van der Waals surface area contributed by atoms with Crippen molar-refractivity contribution in [3.8, 4) is 11.3 Å². The molecular formula is C20H18FN5. The molecule has 4 N–H and O–H groups in total. The van der Waals surface area contributed by atoms with Gasteiger partial charge in [-0.3, -0.25) is 0 Å². The van der Waals surface area contributed by atoms with Crippen molar-refractivity contribution < 1.29 is 4.39 Å². The molecule has 0 fully saturated rings. The molecule has 26 heavy (non-hydrogen) atoms. The zero-order valence-corrected chi connectivity index (χ0v) is 14.3. The minimum Gasteiger partial charge on any atom is -0.384 e. The van der Waals surface area contributed by atoms with Crippen molar-refractivity contribution in [2.24, 2.45) is 0 Å². The van der Waals surface area contributed by atoms with Crippen LogP contribution in [0.4, 0.5) is 16.0 Å². The molecule has 0 saturated heterocycles. The van der Waals surface area contributed by atoms with Crippen LogP contribution in [0, 0.1) is 12.7 Å². The summed E-state index contributed by atoms with van der Waals surface area (Å²) < 4.78 is 13.2. The quantitative estimate of drug-likeness (QED) is 0.515. The summed E-state index contributed by atoms with van der Waals surface area (Å²) in [5, 5.41) is 4.39. The fourth-order valence-electron chi connectivity index (χ4n) is 3.05. The maximum atomic E-state index is 13.2. The highest BCUT2D eigenvalue weighted by Gasteiger charge is 2.10. The molecule has 2 aromatic heterocycles. The molecule has 2 aromatic carbocycles. The highest BCUT2D eigenvalue weighted by molar-refractivity contribution is 5.91. The summed E-state index contributed by atoms with van der Waals surface area (Å²) >= 11 is 0. The molecule has 0 amide bonds. The SMILES string of the molecule is Cc1c(-c2ccc(F)cc2)[nH]c2ccc(CNc3cc(N)ncn3)cc12. The molecule has 0 atom stereocenters. The number of nitrogens with two attached hydrogens (primary N) is 1. The maximum absolute atomic E-state index is 13.2. The molecule has 4 aromatic rings. The van der Waals surface area contributed by atoms with Gasteiger partial charge in [0.25, 0.3) is 0 Å². The Kier molecular flexibility index (Phi) is 4.01. The number of halogens is 1. The lowest BCUT2D eigenvalue weighted by Gasteiger charge is -2.06. The van der Waals surface area contributed by atoms with Gasteiger partial charge in [-0.2, -0.15) is 0 Å². The van der Waals surface area contributed by atoms with E-state index < -0.39 is 0 Å². The molecule has 2 heterocycles. The minimum atomic E-state index is -0.235. The van der Waals surface area contributed by atoms with Gasteiger partial charge in [0, 0.05) is 29.2 Å². The summed E-state index contributed by atoms with van der Waals surface area (Å²) in [6, 6.07) is 14.5. The van der Waals surface area contributed by atoms with Crippen LogP contribution >= 0.6 is 0 Å². The first kappa shape index (κ1) is 16.1. The maximum Gasteiger partial charge on any atom is 0.131 e. The van der Waals surface area contributed by atoms with Crippen molar-refractivity contribution in [2.75, 3.05) is 11.1 Å². The largest absolute Gasteiger partial charge is 0.384 e. The zero-order valence-electron chi connectivity index (χ0n) is 14.3.